The van der Waals surface area contributed by atoms with Gasteiger partial charge in [-0.3, -0.25) is 4.98 Å². The van der Waals surface area contributed by atoms with Crippen molar-refractivity contribution < 1.29 is 4.74 Å². The number of likely N-dealkylation sites (N-methyl/N-ethyl adjacent to an activating group) is 1. The normalized spacial score (nSPS) is 12.6. The highest BCUT2D eigenvalue weighted by Crippen LogP contribution is 2.23. The molecule has 0 saturated heterocycles. The van der Waals surface area contributed by atoms with Crippen LogP contribution in [0.25, 0.3) is 0 Å². The molecule has 21 heavy (non-hydrogen) atoms. The zero-order valence-electron chi connectivity index (χ0n) is 13.1. The van der Waals surface area contributed by atoms with Crippen LogP contribution in [-0.4, -0.2) is 22.6 Å². The van der Waals surface area contributed by atoms with Crippen LogP contribution in [-0.2, 0) is 6.42 Å². The van der Waals surface area contributed by atoms with Gasteiger partial charge in [0.25, 0.3) is 0 Å². The Bertz CT molecular complexity index is 568. The van der Waals surface area contributed by atoms with Crippen molar-refractivity contribution in [2.75, 3.05) is 6.54 Å². The first-order valence-electron chi connectivity index (χ1n) is 7.34. The van der Waals surface area contributed by atoms with E-state index in [9.17, 15) is 0 Å². The standard InChI is InChI=1S/C16H23N3OS/c1-5-18-16(7-14-10-21-12(4)19-14)13-6-15(9-17-8-13)20-11(2)3/h6,8-11,16,18H,5,7H2,1-4H3. The van der Waals surface area contributed by atoms with Gasteiger partial charge in [-0.2, -0.15) is 0 Å². The second kappa shape index (κ2) is 7.52. The first kappa shape index (κ1) is 15.9. The van der Waals surface area contributed by atoms with Gasteiger partial charge in [0.1, 0.15) is 5.75 Å². The van der Waals surface area contributed by atoms with Crippen LogP contribution in [0.4, 0.5) is 0 Å². The van der Waals surface area contributed by atoms with E-state index in [0.717, 1.165) is 35.0 Å². The lowest BCUT2D eigenvalue weighted by Gasteiger charge is -2.18. The van der Waals surface area contributed by atoms with Gasteiger partial charge in [0.2, 0.25) is 0 Å². The number of hydrogen-bond acceptors (Lipinski definition) is 5. The number of nitrogens with one attached hydrogen (secondary N) is 1. The predicted octanol–water partition coefficient (Wildman–Crippen LogP) is 3.53. The monoisotopic (exact) mass is 305 g/mol. The smallest absolute Gasteiger partial charge is 0.138 e. The summed E-state index contributed by atoms with van der Waals surface area (Å²) < 4.78 is 5.73. The molecule has 0 aliphatic carbocycles. The fraction of sp³-hybridized carbons (Fsp3) is 0.500. The maximum atomic E-state index is 5.73. The van der Waals surface area contributed by atoms with E-state index in [4.69, 9.17) is 4.74 Å². The van der Waals surface area contributed by atoms with Crippen LogP contribution >= 0.6 is 11.3 Å². The van der Waals surface area contributed by atoms with Gasteiger partial charge in [0, 0.05) is 24.0 Å². The third kappa shape index (κ3) is 4.79. The van der Waals surface area contributed by atoms with Crippen LogP contribution in [0, 0.1) is 6.92 Å². The molecule has 1 unspecified atom stereocenters. The van der Waals surface area contributed by atoms with Crippen LogP contribution in [0.2, 0.25) is 0 Å². The van der Waals surface area contributed by atoms with Gasteiger partial charge in [0.15, 0.2) is 0 Å². The fourth-order valence-electron chi connectivity index (χ4n) is 2.23. The molecule has 1 atom stereocenters. The SMILES string of the molecule is CCNC(Cc1csc(C)n1)c1cncc(OC(C)C)c1. The van der Waals surface area contributed by atoms with Crippen molar-refractivity contribution in [2.45, 2.75) is 46.3 Å². The minimum absolute atomic E-state index is 0.154. The number of aromatic nitrogens is 2. The number of ether oxygens (including phenoxy) is 1. The summed E-state index contributed by atoms with van der Waals surface area (Å²) >= 11 is 1.69. The minimum Gasteiger partial charge on any atom is -0.489 e. The van der Waals surface area contributed by atoms with E-state index in [-0.39, 0.29) is 12.1 Å². The molecule has 1 N–H and O–H groups in total. The van der Waals surface area contributed by atoms with Crippen LogP contribution < -0.4 is 10.1 Å². The number of thiazole rings is 1. The number of hydrogen-bond donors (Lipinski definition) is 1. The lowest BCUT2D eigenvalue weighted by molar-refractivity contribution is 0.241. The zero-order chi connectivity index (χ0) is 15.2. The topological polar surface area (TPSA) is 47.0 Å². The molecule has 2 aromatic rings. The zero-order valence-corrected chi connectivity index (χ0v) is 13.9. The second-order valence-corrected chi connectivity index (χ2v) is 6.36. The Hall–Kier alpha value is -1.46. The summed E-state index contributed by atoms with van der Waals surface area (Å²) in [5.41, 5.74) is 2.26. The largest absolute Gasteiger partial charge is 0.489 e. The predicted molar refractivity (Wildman–Crippen MR) is 87.0 cm³/mol. The van der Waals surface area contributed by atoms with Crippen molar-refractivity contribution in [3.8, 4) is 5.75 Å². The molecular weight excluding hydrogens is 282 g/mol. The van der Waals surface area contributed by atoms with Gasteiger partial charge in [0.05, 0.1) is 23.0 Å². The van der Waals surface area contributed by atoms with Crippen molar-refractivity contribution in [3.63, 3.8) is 0 Å². The highest BCUT2D eigenvalue weighted by molar-refractivity contribution is 7.09. The molecule has 114 valence electrons. The Labute approximate surface area is 130 Å². The maximum absolute atomic E-state index is 5.73. The van der Waals surface area contributed by atoms with E-state index in [1.807, 2.05) is 27.0 Å². The summed E-state index contributed by atoms with van der Waals surface area (Å²) in [5, 5.41) is 6.74. The summed E-state index contributed by atoms with van der Waals surface area (Å²) in [6, 6.07) is 2.28. The van der Waals surface area contributed by atoms with E-state index >= 15 is 0 Å². The van der Waals surface area contributed by atoms with Crippen molar-refractivity contribution in [2.24, 2.45) is 0 Å². The molecule has 0 fully saturated rings. The molecule has 0 radical (unpaired) electrons. The van der Waals surface area contributed by atoms with Crippen molar-refractivity contribution in [1.82, 2.24) is 15.3 Å². The van der Waals surface area contributed by atoms with Gasteiger partial charge in [-0.1, -0.05) is 6.92 Å². The Kier molecular flexibility index (Phi) is 5.70. The number of aryl methyl sites for hydroxylation is 1. The molecule has 0 saturated carbocycles. The molecule has 0 spiro atoms. The maximum Gasteiger partial charge on any atom is 0.138 e. The van der Waals surface area contributed by atoms with Crippen molar-refractivity contribution in [1.29, 1.82) is 0 Å². The molecule has 4 nitrogen and oxygen atoms in total. The van der Waals surface area contributed by atoms with E-state index in [1.165, 1.54) is 0 Å². The van der Waals surface area contributed by atoms with E-state index in [2.05, 4.69) is 33.7 Å². The average Bonchev–Trinajstić information content (AvgIpc) is 2.83. The number of nitrogens with zero attached hydrogens (tertiary/aromatic N) is 2. The Morgan fingerprint density at radius 1 is 1.33 bits per heavy atom. The summed E-state index contributed by atoms with van der Waals surface area (Å²) in [7, 11) is 0. The van der Waals surface area contributed by atoms with Crippen LogP contribution in [0.1, 0.15) is 43.1 Å². The molecule has 0 aromatic carbocycles. The molecule has 2 heterocycles. The third-order valence-corrected chi connectivity index (χ3v) is 3.86. The minimum atomic E-state index is 0.154. The van der Waals surface area contributed by atoms with Gasteiger partial charge in [-0.05, 0) is 38.9 Å². The fourth-order valence-corrected chi connectivity index (χ4v) is 2.85. The van der Waals surface area contributed by atoms with Gasteiger partial charge < -0.3 is 10.1 Å². The molecule has 5 heteroatoms. The highest BCUT2D eigenvalue weighted by atomic mass is 32.1. The molecule has 2 rings (SSSR count). The number of rotatable bonds is 7. The quantitative estimate of drug-likeness (QED) is 0.850. The summed E-state index contributed by atoms with van der Waals surface area (Å²) in [6.07, 6.45) is 4.69. The van der Waals surface area contributed by atoms with E-state index < -0.39 is 0 Å². The first-order valence-corrected chi connectivity index (χ1v) is 8.22. The first-order chi connectivity index (χ1) is 10.1. The number of pyridine rings is 1. The molecule has 0 aliphatic rings. The van der Waals surface area contributed by atoms with Gasteiger partial charge >= 0.3 is 0 Å². The van der Waals surface area contributed by atoms with Gasteiger partial charge in [-0.15, -0.1) is 11.3 Å². The van der Waals surface area contributed by atoms with Crippen LogP contribution in [0.5, 0.6) is 5.75 Å². The average molecular weight is 305 g/mol. The highest BCUT2D eigenvalue weighted by Gasteiger charge is 2.14. The third-order valence-electron chi connectivity index (χ3n) is 3.04. The summed E-state index contributed by atoms with van der Waals surface area (Å²) in [5.74, 6) is 0.819. The Morgan fingerprint density at radius 3 is 2.76 bits per heavy atom. The Morgan fingerprint density at radius 2 is 2.14 bits per heavy atom. The molecular formula is C16H23N3OS. The van der Waals surface area contributed by atoms with Crippen LogP contribution in [0.15, 0.2) is 23.8 Å². The van der Waals surface area contributed by atoms with E-state index in [0.29, 0.717) is 0 Å². The summed E-state index contributed by atoms with van der Waals surface area (Å²) in [6.45, 7) is 9.10. The lowest BCUT2D eigenvalue weighted by atomic mass is 10.0. The molecule has 0 aliphatic heterocycles. The Balaban J connectivity index is 2.17. The van der Waals surface area contributed by atoms with Crippen molar-refractivity contribution in [3.05, 3.63) is 40.1 Å². The second-order valence-electron chi connectivity index (χ2n) is 5.29. The van der Waals surface area contributed by atoms with Crippen molar-refractivity contribution >= 4 is 11.3 Å². The molecule has 2 aromatic heterocycles. The molecule has 0 bridgehead atoms. The molecule has 0 amide bonds. The van der Waals surface area contributed by atoms with Gasteiger partial charge in [-0.25, -0.2) is 4.98 Å². The lowest BCUT2D eigenvalue weighted by Crippen LogP contribution is -2.23. The van der Waals surface area contributed by atoms with Crippen LogP contribution in [0.3, 0.4) is 0 Å². The summed E-state index contributed by atoms with van der Waals surface area (Å²) in [4.78, 5) is 8.86. The van der Waals surface area contributed by atoms with E-state index in [1.54, 1.807) is 17.5 Å².